The molecule has 1 rings (SSSR count). The Hall–Kier alpha value is -2.41. The number of alkyl halides is 2. The summed E-state index contributed by atoms with van der Waals surface area (Å²) in [6, 6.07) is 8.73. The maximum Gasteiger partial charge on any atom is 0.333 e. The molecule has 0 saturated heterocycles. The van der Waals surface area contributed by atoms with Gasteiger partial charge in [0.25, 0.3) is 5.92 Å². The van der Waals surface area contributed by atoms with Crippen LogP contribution in [0, 0.1) is 11.8 Å². The molecule has 0 saturated carbocycles. The molecule has 0 aliphatic rings. The van der Waals surface area contributed by atoms with E-state index in [2.05, 4.69) is 29.7 Å². The number of hydrogen-bond acceptors (Lipinski definition) is 2. The lowest BCUT2D eigenvalue weighted by atomic mass is 10.0. The van der Waals surface area contributed by atoms with Crippen molar-refractivity contribution >= 4 is 5.97 Å². The van der Waals surface area contributed by atoms with Crippen LogP contribution in [0.2, 0.25) is 0 Å². The largest absolute Gasteiger partial charge is 0.463 e. The number of ether oxygens (including phenoxy) is 1. The summed E-state index contributed by atoms with van der Waals surface area (Å²) in [6.45, 7) is 8.30. The summed E-state index contributed by atoms with van der Waals surface area (Å²) in [5.74, 6) is 0.770. The van der Waals surface area contributed by atoms with Crippen LogP contribution < -0.4 is 0 Å². The van der Waals surface area contributed by atoms with E-state index in [1.54, 1.807) is 37.3 Å². The number of carbonyl (C=O) groups excluding carboxylic acids is 1. The fourth-order valence-electron chi connectivity index (χ4n) is 1.44. The van der Waals surface area contributed by atoms with Crippen molar-refractivity contribution in [3.8, 4) is 11.8 Å². The predicted molar refractivity (Wildman–Crippen MR) is 77.8 cm³/mol. The Morgan fingerprint density at radius 2 is 1.90 bits per heavy atom. The van der Waals surface area contributed by atoms with Crippen molar-refractivity contribution in [2.75, 3.05) is 6.61 Å². The molecule has 2 nitrogen and oxygen atoms in total. The Balaban J connectivity index is 2.74. The zero-order valence-corrected chi connectivity index (χ0v) is 11.8. The van der Waals surface area contributed by atoms with Crippen molar-refractivity contribution in [3.63, 3.8) is 0 Å². The Morgan fingerprint density at radius 1 is 1.29 bits per heavy atom. The van der Waals surface area contributed by atoms with Gasteiger partial charge in [-0.25, -0.2) is 13.6 Å². The topological polar surface area (TPSA) is 26.3 Å². The highest BCUT2D eigenvalue weighted by Crippen LogP contribution is 2.29. The second-order valence-corrected chi connectivity index (χ2v) is 4.30. The fourth-order valence-corrected chi connectivity index (χ4v) is 1.44. The summed E-state index contributed by atoms with van der Waals surface area (Å²) in [6.07, 6.45) is -0.853. The molecule has 0 N–H and O–H groups in total. The maximum atomic E-state index is 13.9. The molecule has 1 aromatic rings. The quantitative estimate of drug-likeness (QED) is 0.469. The molecule has 0 heterocycles. The van der Waals surface area contributed by atoms with Gasteiger partial charge in [0, 0.05) is 17.6 Å². The normalized spacial score (nSPS) is 10.2. The van der Waals surface area contributed by atoms with Gasteiger partial charge < -0.3 is 4.74 Å². The molecule has 0 fully saturated rings. The Labute approximate surface area is 123 Å². The van der Waals surface area contributed by atoms with E-state index in [9.17, 15) is 13.6 Å². The SMILES string of the molecule is C=C(CC(F)(F)C(=C)C#Cc1ccccc1)C(=O)OCC. The van der Waals surface area contributed by atoms with Crippen LogP contribution in [-0.2, 0) is 9.53 Å². The minimum atomic E-state index is -3.33. The summed E-state index contributed by atoms with van der Waals surface area (Å²) >= 11 is 0. The van der Waals surface area contributed by atoms with E-state index in [1.807, 2.05) is 0 Å². The van der Waals surface area contributed by atoms with E-state index in [1.165, 1.54) is 0 Å². The van der Waals surface area contributed by atoms with Crippen LogP contribution in [0.25, 0.3) is 0 Å². The first-order valence-corrected chi connectivity index (χ1v) is 6.36. The lowest BCUT2D eigenvalue weighted by Gasteiger charge is -2.16. The lowest BCUT2D eigenvalue weighted by Crippen LogP contribution is -2.22. The second kappa shape index (κ2) is 7.39. The summed E-state index contributed by atoms with van der Waals surface area (Å²) < 4.78 is 32.4. The van der Waals surface area contributed by atoms with Crippen molar-refractivity contribution in [1.29, 1.82) is 0 Å². The second-order valence-electron chi connectivity index (χ2n) is 4.30. The molecule has 0 aliphatic heterocycles. The number of esters is 1. The number of rotatable bonds is 5. The number of halogens is 2. The van der Waals surface area contributed by atoms with Crippen LogP contribution in [0.5, 0.6) is 0 Å². The van der Waals surface area contributed by atoms with Gasteiger partial charge in [0.15, 0.2) is 0 Å². The van der Waals surface area contributed by atoms with E-state index in [0.717, 1.165) is 0 Å². The van der Waals surface area contributed by atoms with E-state index in [4.69, 9.17) is 0 Å². The third-order valence-electron chi connectivity index (χ3n) is 2.57. The molecule has 0 aromatic heterocycles. The molecular weight excluding hydrogens is 274 g/mol. The molecule has 0 radical (unpaired) electrons. The van der Waals surface area contributed by atoms with E-state index >= 15 is 0 Å². The van der Waals surface area contributed by atoms with Crippen LogP contribution in [0.4, 0.5) is 8.78 Å². The van der Waals surface area contributed by atoms with Crippen molar-refractivity contribution in [2.45, 2.75) is 19.3 Å². The van der Waals surface area contributed by atoms with Crippen LogP contribution in [-0.4, -0.2) is 18.5 Å². The maximum absolute atomic E-state index is 13.9. The van der Waals surface area contributed by atoms with Crippen molar-refractivity contribution in [2.24, 2.45) is 0 Å². The number of benzene rings is 1. The molecule has 1 aromatic carbocycles. The minimum absolute atomic E-state index is 0.109. The highest BCUT2D eigenvalue weighted by Gasteiger charge is 2.34. The van der Waals surface area contributed by atoms with Gasteiger partial charge in [-0.05, 0) is 19.1 Å². The summed E-state index contributed by atoms with van der Waals surface area (Å²) in [5.41, 5.74) is -0.250. The van der Waals surface area contributed by atoms with Crippen LogP contribution >= 0.6 is 0 Å². The van der Waals surface area contributed by atoms with Gasteiger partial charge >= 0.3 is 5.97 Å². The highest BCUT2D eigenvalue weighted by atomic mass is 19.3. The van der Waals surface area contributed by atoms with E-state index in [0.29, 0.717) is 5.56 Å². The molecule has 0 amide bonds. The number of allylic oxidation sites excluding steroid dienone is 1. The number of carbonyl (C=O) groups is 1. The number of hydrogen-bond donors (Lipinski definition) is 0. The summed E-state index contributed by atoms with van der Waals surface area (Å²) in [4.78, 5) is 11.3. The van der Waals surface area contributed by atoms with Gasteiger partial charge in [0.05, 0.1) is 12.2 Å². The summed E-state index contributed by atoms with van der Waals surface area (Å²) in [5, 5.41) is 0. The summed E-state index contributed by atoms with van der Waals surface area (Å²) in [7, 11) is 0. The van der Waals surface area contributed by atoms with Crippen molar-refractivity contribution in [1.82, 2.24) is 0 Å². The van der Waals surface area contributed by atoms with E-state index in [-0.39, 0.29) is 12.2 Å². The molecule has 0 bridgehead atoms. The first-order valence-electron chi connectivity index (χ1n) is 6.36. The smallest absolute Gasteiger partial charge is 0.333 e. The molecule has 0 spiro atoms. The Kier molecular flexibility index (Phi) is 5.86. The first-order chi connectivity index (χ1) is 9.86. The third-order valence-corrected chi connectivity index (χ3v) is 2.57. The standard InChI is InChI=1S/C17H16F2O2/c1-4-21-16(20)13(2)12-17(18,19)14(3)10-11-15-8-6-5-7-9-15/h5-9H,2-4,12H2,1H3. The molecular formula is C17H16F2O2. The van der Waals surface area contributed by atoms with Crippen molar-refractivity contribution < 1.29 is 18.3 Å². The zero-order valence-electron chi connectivity index (χ0n) is 11.8. The Bertz CT molecular complexity index is 592. The molecule has 110 valence electrons. The third kappa shape index (κ3) is 5.23. The van der Waals surface area contributed by atoms with E-state index < -0.39 is 23.9 Å². The van der Waals surface area contributed by atoms with Gasteiger partial charge in [-0.3, -0.25) is 0 Å². The molecule has 0 atom stereocenters. The van der Waals surface area contributed by atoms with Gasteiger partial charge in [-0.15, -0.1) is 0 Å². The zero-order chi connectivity index (χ0) is 15.9. The van der Waals surface area contributed by atoms with Crippen molar-refractivity contribution in [3.05, 3.63) is 60.2 Å². The fraction of sp³-hybridized carbons (Fsp3) is 0.235. The van der Waals surface area contributed by atoms with Gasteiger partial charge in [-0.2, -0.15) is 0 Å². The lowest BCUT2D eigenvalue weighted by molar-refractivity contribution is -0.139. The van der Waals surface area contributed by atoms with Gasteiger partial charge in [0.1, 0.15) is 0 Å². The molecule has 0 unspecified atom stereocenters. The minimum Gasteiger partial charge on any atom is -0.463 e. The molecule has 0 aliphatic carbocycles. The van der Waals surface area contributed by atoms with Crippen LogP contribution in [0.15, 0.2) is 54.6 Å². The average molecular weight is 290 g/mol. The van der Waals surface area contributed by atoms with Crippen LogP contribution in [0.3, 0.4) is 0 Å². The Morgan fingerprint density at radius 3 is 2.48 bits per heavy atom. The molecule has 21 heavy (non-hydrogen) atoms. The predicted octanol–water partition coefficient (Wildman–Crippen LogP) is 3.74. The van der Waals surface area contributed by atoms with Crippen LogP contribution in [0.1, 0.15) is 18.9 Å². The average Bonchev–Trinajstić information content (AvgIpc) is 2.45. The van der Waals surface area contributed by atoms with Gasteiger partial charge in [-0.1, -0.05) is 43.2 Å². The van der Waals surface area contributed by atoms with Gasteiger partial charge in [0.2, 0.25) is 0 Å². The monoisotopic (exact) mass is 290 g/mol. The highest BCUT2D eigenvalue weighted by molar-refractivity contribution is 5.87. The first kappa shape index (κ1) is 16.6. The molecule has 4 heteroatoms.